The zero-order valence-electron chi connectivity index (χ0n) is 12.3. The van der Waals surface area contributed by atoms with Gasteiger partial charge >= 0.3 is 0 Å². The van der Waals surface area contributed by atoms with Gasteiger partial charge in [-0.25, -0.2) is 4.98 Å². The maximum atomic E-state index is 4.82. The maximum absolute atomic E-state index is 4.82. The molecule has 2 aromatic rings. The van der Waals surface area contributed by atoms with Crippen molar-refractivity contribution in [2.24, 2.45) is 0 Å². The number of thiazole rings is 1. The van der Waals surface area contributed by atoms with Crippen LogP contribution in [0.3, 0.4) is 0 Å². The third-order valence-corrected chi connectivity index (χ3v) is 4.97. The second-order valence-corrected chi connectivity index (χ2v) is 7.64. The molecule has 0 aliphatic carbocycles. The second kappa shape index (κ2) is 5.73. The first-order valence-electron chi connectivity index (χ1n) is 6.67. The van der Waals surface area contributed by atoms with Crippen LogP contribution in [0, 0.1) is 6.92 Å². The van der Waals surface area contributed by atoms with E-state index in [4.69, 9.17) is 4.98 Å². The third kappa shape index (κ3) is 3.65. The van der Waals surface area contributed by atoms with Gasteiger partial charge in [0.15, 0.2) is 0 Å². The van der Waals surface area contributed by atoms with E-state index >= 15 is 0 Å². The van der Waals surface area contributed by atoms with E-state index in [-0.39, 0.29) is 5.54 Å². The minimum atomic E-state index is 0.146. The highest BCUT2D eigenvalue weighted by molar-refractivity contribution is 7.15. The first-order valence-corrected chi connectivity index (χ1v) is 8.43. The maximum Gasteiger partial charge on any atom is 0.125 e. The lowest BCUT2D eigenvalue weighted by atomic mass is 10.1. The van der Waals surface area contributed by atoms with Crippen LogP contribution in [0.15, 0.2) is 10.8 Å². The average molecular weight is 294 g/mol. The molecule has 0 fully saturated rings. The van der Waals surface area contributed by atoms with Gasteiger partial charge in [0.1, 0.15) is 5.01 Å². The molecule has 0 aliphatic heterocycles. The largest absolute Gasteiger partial charge is 0.307 e. The highest BCUT2D eigenvalue weighted by Gasteiger charge is 2.15. The first kappa shape index (κ1) is 14.7. The van der Waals surface area contributed by atoms with Crippen LogP contribution in [0.1, 0.15) is 43.8 Å². The summed E-state index contributed by atoms with van der Waals surface area (Å²) in [6.45, 7) is 11.8. The number of hydrogen-bond donors (Lipinski definition) is 1. The Bertz CT molecular complexity index is 547. The molecule has 0 atom stereocenters. The SMILES string of the molecule is CCc1nc(-c2cscc2C)sc1CNC(C)(C)C. The lowest BCUT2D eigenvalue weighted by Gasteiger charge is -2.20. The van der Waals surface area contributed by atoms with E-state index in [0.29, 0.717) is 0 Å². The number of nitrogens with one attached hydrogen (secondary N) is 1. The quantitative estimate of drug-likeness (QED) is 0.889. The van der Waals surface area contributed by atoms with Crippen molar-refractivity contribution in [3.05, 3.63) is 26.9 Å². The molecule has 0 spiro atoms. The molecule has 0 unspecified atom stereocenters. The number of aryl methyl sites for hydroxylation is 2. The van der Waals surface area contributed by atoms with Crippen LogP contribution in [0.5, 0.6) is 0 Å². The predicted molar refractivity (Wildman–Crippen MR) is 86.1 cm³/mol. The number of nitrogens with zero attached hydrogens (tertiary/aromatic N) is 1. The minimum Gasteiger partial charge on any atom is -0.307 e. The van der Waals surface area contributed by atoms with Gasteiger partial charge < -0.3 is 5.32 Å². The van der Waals surface area contributed by atoms with E-state index in [1.807, 2.05) is 11.3 Å². The molecule has 2 nitrogen and oxygen atoms in total. The monoisotopic (exact) mass is 294 g/mol. The van der Waals surface area contributed by atoms with Gasteiger partial charge in [-0.05, 0) is 45.1 Å². The first-order chi connectivity index (χ1) is 8.90. The van der Waals surface area contributed by atoms with Crippen LogP contribution in [0.4, 0.5) is 0 Å². The van der Waals surface area contributed by atoms with Crippen LogP contribution in [0.25, 0.3) is 10.6 Å². The van der Waals surface area contributed by atoms with E-state index in [1.165, 1.54) is 26.7 Å². The molecule has 2 rings (SSSR count). The summed E-state index contributed by atoms with van der Waals surface area (Å²) < 4.78 is 0. The Morgan fingerprint density at radius 1 is 1.26 bits per heavy atom. The Kier molecular flexibility index (Phi) is 4.43. The van der Waals surface area contributed by atoms with Crippen LogP contribution >= 0.6 is 22.7 Å². The summed E-state index contributed by atoms with van der Waals surface area (Å²) >= 11 is 3.58. The van der Waals surface area contributed by atoms with Crippen molar-refractivity contribution in [3.63, 3.8) is 0 Å². The number of rotatable bonds is 4. The molecular weight excluding hydrogens is 272 g/mol. The molecule has 104 valence electrons. The molecule has 0 aromatic carbocycles. The van der Waals surface area contributed by atoms with Crippen LogP contribution in [-0.4, -0.2) is 10.5 Å². The molecule has 0 bridgehead atoms. The summed E-state index contributed by atoms with van der Waals surface area (Å²) in [6.07, 6.45) is 1.00. The van der Waals surface area contributed by atoms with Crippen molar-refractivity contribution in [3.8, 4) is 10.6 Å². The average Bonchev–Trinajstić information content (AvgIpc) is 2.90. The molecule has 4 heteroatoms. The zero-order valence-corrected chi connectivity index (χ0v) is 14.0. The summed E-state index contributed by atoms with van der Waals surface area (Å²) in [5, 5.41) is 9.12. The third-order valence-electron chi connectivity index (χ3n) is 2.98. The van der Waals surface area contributed by atoms with E-state index in [9.17, 15) is 0 Å². The summed E-state index contributed by atoms with van der Waals surface area (Å²) in [6, 6.07) is 0. The Balaban J connectivity index is 2.25. The molecule has 2 aromatic heterocycles. The van der Waals surface area contributed by atoms with E-state index < -0.39 is 0 Å². The molecule has 19 heavy (non-hydrogen) atoms. The highest BCUT2D eigenvalue weighted by Crippen LogP contribution is 2.32. The van der Waals surface area contributed by atoms with Gasteiger partial charge in [0.2, 0.25) is 0 Å². The molecule has 2 heterocycles. The van der Waals surface area contributed by atoms with Gasteiger partial charge in [-0.1, -0.05) is 6.92 Å². The number of thiophene rings is 1. The fourth-order valence-electron chi connectivity index (χ4n) is 1.84. The molecular formula is C15H22N2S2. The molecule has 0 aliphatic rings. The van der Waals surface area contributed by atoms with Crippen molar-refractivity contribution in [2.75, 3.05) is 0 Å². The van der Waals surface area contributed by atoms with E-state index in [2.05, 4.69) is 50.7 Å². The molecule has 1 N–H and O–H groups in total. The van der Waals surface area contributed by atoms with E-state index in [0.717, 1.165) is 13.0 Å². The van der Waals surface area contributed by atoms with Gasteiger partial charge in [0.05, 0.1) is 5.69 Å². The Morgan fingerprint density at radius 3 is 2.53 bits per heavy atom. The van der Waals surface area contributed by atoms with Crippen molar-refractivity contribution < 1.29 is 0 Å². The van der Waals surface area contributed by atoms with Gasteiger partial charge in [0, 0.05) is 27.9 Å². The smallest absolute Gasteiger partial charge is 0.125 e. The Hall–Kier alpha value is -0.710. The van der Waals surface area contributed by atoms with Crippen LogP contribution in [-0.2, 0) is 13.0 Å². The topological polar surface area (TPSA) is 24.9 Å². The van der Waals surface area contributed by atoms with Crippen molar-refractivity contribution in [1.82, 2.24) is 10.3 Å². The number of hydrogen-bond acceptors (Lipinski definition) is 4. The highest BCUT2D eigenvalue weighted by atomic mass is 32.1. The normalized spacial score (nSPS) is 12.1. The fourth-order valence-corrected chi connectivity index (χ4v) is 3.92. The summed E-state index contributed by atoms with van der Waals surface area (Å²) in [4.78, 5) is 6.19. The van der Waals surface area contributed by atoms with Crippen molar-refractivity contribution in [1.29, 1.82) is 0 Å². The zero-order chi connectivity index (χ0) is 14.0. The Morgan fingerprint density at radius 2 is 2.00 bits per heavy atom. The van der Waals surface area contributed by atoms with Crippen LogP contribution in [0.2, 0.25) is 0 Å². The standard InChI is InChI=1S/C15H22N2S2/c1-6-12-13(7-16-15(3,4)5)19-14(17-12)11-9-18-8-10(11)2/h8-9,16H,6-7H2,1-5H3. The lowest BCUT2D eigenvalue weighted by Crippen LogP contribution is -2.35. The summed E-state index contributed by atoms with van der Waals surface area (Å²) in [7, 11) is 0. The van der Waals surface area contributed by atoms with Crippen molar-refractivity contribution in [2.45, 2.75) is 53.1 Å². The van der Waals surface area contributed by atoms with Gasteiger partial charge in [-0.3, -0.25) is 0 Å². The predicted octanol–water partition coefficient (Wildman–Crippen LogP) is 4.63. The van der Waals surface area contributed by atoms with Gasteiger partial charge in [0.25, 0.3) is 0 Å². The lowest BCUT2D eigenvalue weighted by molar-refractivity contribution is 0.425. The van der Waals surface area contributed by atoms with Gasteiger partial charge in [-0.2, -0.15) is 11.3 Å². The molecule has 0 saturated carbocycles. The summed E-state index contributed by atoms with van der Waals surface area (Å²) in [5.74, 6) is 0. The molecule has 0 radical (unpaired) electrons. The Labute approximate surface area is 123 Å². The van der Waals surface area contributed by atoms with Crippen LogP contribution < -0.4 is 5.32 Å². The minimum absolute atomic E-state index is 0.146. The molecule has 0 amide bonds. The number of aromatic nitrogens is 1. The second-order valence-electron chi connectivity index (χ2n) is 5.81. The van der Waals surface area contributed by atoms with Crippen molar-refractivity contribution >= 4 is 22.7 Å². The fraction of sp³-hybridized carbons (Fsp3) is 0.533. The summed E-state index contributed by atoms with van der Waals surface area (Å²) in [5.41, 5.74) is 4.01. The molecule has 0 saturated heterocycles. The van der Waals surface area contributed by atoms with Gasteiger partial charge in [-0.15, -0.1) is 11.3 Å². The van der Waals surface area contributed by atoms with E-state index in [1.54, 1.807) is 11.3 Å².